The van der Waals surface area contributed by atoms with Gasteiger partial charge in [-0.25, -0.2) is 4.98 Å². The highest BCUT2D eigenvalue weighted by molar-refractivity contribution is 6.30. The second kappa shape index (κ2) is 5.89. The quantitative estimate of drug-likeness (QED) is 0.450. The van der Waals surface area contributed by atoms with E-state index in [0.29, 0.717) is 28.2 Å². The van der Waals surface area contributed by atoms with E-state index in [4.69, 9.17) is 0 Å². The molecular weight excluding hydrogens is 334 g/mol. The third-order valence-corrected chi connectivity index (χ3v) is 4.17. The Balaban J connectivity index is 1.77. The standard InChI is InChI=1S/C19H11N3O4/c23-18-12-4-1-2-5-13(12)19(24)17-14(18)6-3-7-15(17)21-16-9-8-11(10-20-16)22(25)26/h1-10H,(H,20,21). The maximum atomic E-state index is 12.9. The first-order chi connectivity index (χ1) is 12.6. The van der Waals surface area contributed by atoms with Crippen molar-refractivity contribution >= 4 is 28.8 Å². The van der Waals surface area contributed by atoms with Gasteiger partial charge in [0.15, 0.2) is 11.6 Å². The number of fused-ring (bicyclic) bond motifs is 2. The molecule has 2 aromatic carbocycles. The van der Waals surface area contributed by atoms with Crippen LogP contribution in [0, 0.1) is 10.1 Å². The largest absolute Gasteiger partial charge is 0.340 e. The van der Waals surface area contributed by atoms with Crippen molar-refractivity contribution in [2.45, 2.75) is 0 Å². The van der Waals surface area contributed by atoms with Crippen LogP contribution < -0.4 is 5.32 Å². The molecule has 0 fully saturated rings. The summed E-state index contributed by atoms with van der Waals surface area (Å²) in [5.74, 6) is -0.126. The average Bonchev–Trinajstić information content (AvgIpc) is 2.66. The van der Waals surface area contributed by atoms with Crippen LogP contribution >= 0.6 is 0 Å². The minimum atomic E-state index is -0.541. The Bertz CT molecular complexity index is 1070. The van der Waals surface area contributed by atoms with Crippen LogP contribution in [0.25, 0.3) is 0 Å². The van der Waals surface area contributed by atoms with Gasteiger partial charge in [0.05, 0.1) is 16.2 Å². The summed E-state index contributed by atoms with van der Waals surface area (Å²) in [6.45, 7) is 0. The van der Waals surface area contributed by atoms with E-state index in [-0.39, 0.29) is 22.8 Å². The summed E-state index contributed by atoms with van der Waals surface area (Å²) in [5.41, 5.74) is 1.63. The smallest absolute Gasteiger partial charge is 0.287 e. The van der Waals surface area contributed by atoms with E-state index in [1.807, 2.05) is 0 Å². The molecule has 3 aromatic rings. The molecule has 1 N–H and O–H groups in total. The van der Waals surface area contributed by atoms with E-state index in [2.05, 4.69) is 10.3 Å². The maximum absolute atomic E-state index is 12.9. The van der Waals surface area contributed by atoms with E-state index in [1.54, 1.807) is 42.5 Å². The van der Waals surface area contributed by atoms with E-state index in [0.717, 1.165) is 6.20 Å². The van der Waals surface area contributed by atoms with Crippen molar-refractivity contribution in [3.05, 3.63) is 93.2 Å². The molecule has 1 aromatic heterocycles. The minimum Gasteiger partial charge on any atom is -0.340 e. The summed E-state index contributed by atoms with van der Waals surface area (Å²) in [7, 11) is 0. The molecule has 7 nitrogen and oxygen atoms in total. The fourth-order valence-corrected chi connectivity index (χ4v) is 2.96. The molecule has 0 saturated heterocycles. The van der Waals surface area contributed by atoms with E-state index in [1.165, 1.54) is 12.1 Å². The number of hydrogen-bond donors (Lipinski definition) is 1. The van der Waals surface area contributed by atoms with Crippen molar-refractivity contribution in [1.82, 2.24) is 4.98 Å². The molecule has 1 aliphatic rings. The molecule has 0 unspecified atom stereocenters. The molecule has 0 bridgehead atoms. The number of carbonyl (C=O) groups excluding carboxylic acids is 2. The summed E-state index contributed by atoms with van der Waals surface area (Å²) in [6, 6.07) is 14.4. The molecule has 0 spiro atoms. The van der Waals surface area contributed by atoms with Crippen LogP contribution in [-0.2, 0) is 0 Å². The number of rotatable bonds is 3. The summed E-state index contributed by atoms with van der Waals surface area (Å²) in [4.78, 5) is 39.8. The molecule has 0 radical (unpaired) electrons. The van der Waals surface area contributed by atoms with Crippen LogP contribution in [0.1, 0.15) is 31.8 Å². The van der Waals surface area contributed by atoms with Gasteiger partial charge in [0, 0.05) is 22.8 Å². The number of nitro groups is 1. The lowest BCUT2D eigenvalue weighted by molar-refractivity contribution is -0.385. The van der Waals surface area contributed by atoms with Gasteiger partial charge in [-0.05, 0) is 12.1 Å². The van der Waals surface area contributed by atoms with Crippen molar-refractivity contribution in [3.63, 3.8) is 0 Å². The Morgan fingerprint density at radius 3 is 2.19 bits per heavy atom. The topological polar surface area (TPSA) is 102 Å². The fraction of sp³-hybridized carbons (Fsp3) is 0. The first-order valence-corrected chi connectivity index (χ1v) is 7.75. The second-order valence-corrected chi connectivity index (χ2v) is 5.72. The average molecular weight is 345 g/mol. The minimum absolute atomic E-state index is 0.133. The first-order valence-electron chi connectivity index (χ1n) is 7.75. The van der Waals surface area contributed by atoms with Crippen LogP contribution in [0.4, 0.5) is 17.2 Å². The third kappa shape index (κ3) is 2.42. The Morgan fingerprint density at radius 1 is 0.846 bits per heavy atom. The number of ketones is 2. The Labute approximate surface area is 147 Å². The van der Waals surface area contributed by atoms with Crippen molar-refractivity contribution in [2.75, 3.05) is 5.32 Å². The van der Waals surface area contributed by atoms with Gasteiger partial charge in [-0.15, -0.1) is 0 Å². The zero-order chi connectivity index (χ0) is 18.3. The highest BCUT2D eigenvalue weighted by atomic mass is 16.6. The van der Waals surface area contributed by atoms with Crippen LogP contribution in [-0.4, -0.2) is 21.5 Å². The maximum Gasteiger partial charge on any atom is 0.287 e. The lowest BCUT2D eigenvalue weighted by atomic mass is 9.83. The lowest BCUT2D eigenvalue weighted by Gasteiger charge is -2.20. The molecule has 4 rings (SSSR count). The Morgan fingerprint density at radius 2 is 1.54 bits per heavy atom. The molecule has 0 atom stereocenters. The summed E-state index contributed by atoms with van der Waals surface area (Å²) in [5, 5.41) is 13.7. The zero-order valence-electron chi connectivity index (χ0n) is 13.3. The number of pyridine rings is 1. The van der Waals surface area contributed by atoms with Gasteiger partial charge in [0.1, 0.15) is 12.0 Å². The number of nitrogens with zero attached hydrogens (tertiary/aromatic N) is 2. The fourth-order valence-electron chi connectivity index (χ4n) is 2.96. The second-order valence-electron chi connectivity index (χ2n) is 5.72. The summed E-state index contributed by atoms with van der Waals surface area (Å²) < 4.78 is 0. The molecule has 7 heteroatoms. The Hall–Kier alpha value is -3.87. The van der Waals surface area contributed by atoms with E-state index in [9.17, 15) is 19.7 Å². The lowest BCUT2D eigenvalue weighted by Crippen LogP contribution is -2.22. The van der Waals surface area contributed by atoms with Gasteiger partial charge < -0.3 is 5.32 Å². The van der Waals surface area contributed by atoms with Gasteiger partial charge in [-0.1, -0.05) is 36.4 Å². The number of hydrogen-bond acceptors (Lipinski definition) is 6. The molecule has 26 heavy (non-hydrogen) atoms. The van der Waals surface area contributed by atoms with E-state index < -0.39 is 4.92 Å². The van der Waals surface area contributed by atoms with Crippen molar-refractivity contribution in [3.8, 4) is 0 Å². The Kier molecular flexibility index (Phi) is 3.54. The number of aromatic nitrogens is 1. The van der Waals surface area contributed by atoms with Crippen LogP contribution in [0.15, 0.2) is 60.8 Å². The summed E-state index contributed by atoms with van der Waals surface area (Å²) in [6.07, 6.45) is 1.12. The van der Waals surface area contributed by atoms with Crippen LogP contribution in [0.5, 0.6) is 0 Å². The van der Waals surface area contributed by atoms with Crippen LogP contribution in [0.2, 0.25) is 0 Å². The number of benzene rings is 2. The summed E-state index contributed by atoms with van der Waals surface area (Å²) >= 11 is 0. The number of carbonyl (C=O) groups is 2. The van der Waals surface area contributed by atoms with Crippen molar-refractivity contribution in [1.29, 1.82) is 0 Å². The molecule has 126 valence electrons. The molecule has 1 aliphatic carbocycles. The van der Waals surface area contributed by atoms with E-state index >= 15 is 0 Å². The number of nitrogens with one attached hydrogen (secondary N) is 1. The molecular formula is C19H11N3O4. The SMILES string of the molecule is O=C1c2ccccc2C(=O)c2c(Nc3ccc([N+](=O)[O-])cn3)cccc21. The van der Waals surface area contributed by atoms with Crippen molar-refractivity contribution in [2.24, 2.45) is 0 Å². The normalized spacial score (nSPS) is 12.3. The highest BCUT2D eigenvalue weighted by Crippen LogP contribution is 2.33. The monoisotopic (exact) mass is 345 g/mol. The third-order valence-electron chi connectivity index (χ3n) is 4.17. The van der Waals surface area contributed by atoms with Gasteiger partial charge in [-0.2, -0.15) is 0 Å². The van der Waals surface area contributed by atoms with Crippen molar-refractivity contribution < 1.29 is 14.5 Å². The molecule has 1 heterocycles. The predicted molar refractivity (Wildman–Crippen MR) is 93.9 cm³/mol. The van der Waals surface area contributed by atoms with Crippen LogP contribution in [0.3, 0.4) is 0 Å². The zero-order valence-corrected chi connectivity index (χ0v) is 13.3. The molecule has 0 saturated carbocycles. The van der Waals surface area contributed by atoms with Gasteiger partial charge in [-0.3, -0.25) is 19.7 Å². The number of anilines is 2. The molecule has 0 aliphatic heterocycles. The molecule has 0 amide bonds. The predicted octanol–water partition coefficient (Wildman–Crippen LogP) is 3.51. The van der Waals surface area contributed by atoms with Gasteiger partial charge in [0.2, 0.25) is 0 Å². The highest BCUT2D eigenvalue weighted by Gasteiger charge is 2.31. The first kappa shape index (κ1) is 15.6. The van der Waals surface area contributed by atoms with Gasteiger partial charge >= 0.3 is 0 Å². The van der Waals surface area contributed by atoms with Gasteiger partial charge in [0.25, 0.3) is 5.69 Å².